The topological polar surface area (TPSA) is 114 Å². The summed E-state index contributed by atoms with van der Waals surface area (Å²) >= 11 is 0. The van der Waals surface area contributed by atoms with Gasteiger partial charge in [0.2, 0.25) is 5.95 Å². The molecule has 10 nitrogen and oxygen atoms in total. The van der Waals surface area contributed by atoms with E-state index in [0.29, 0.717) is 42.3 Å². The second-order valence-corrected chi connectivity index (χ2v) is 10.4. The van der Waals surface area contributed by atoms with Crippen LogP contribution in [0.2, 0.25) is 0 Å². The third kappa shape index (κ3) is 3.80. The Morgan fingerprint density at radius 2 is 1.86 bits per heavy atom. The van der Waals surface area contributed by atoms with Crippen molar-refractivity contribution in [3.8, 4) is 0 Å². The third-order valence-corrected chi connectivity index (χ3v) is 7.99. The highest BCUT2D eigenvalue weighted by molar-refractivity contribution is 6.05. The predicted molar refractivity (Wildman–Crippen MR) is 137 cm³/mol. The van der Waals surface area contributed by atoms with E-state index in [9.17, 15) is 9.90 Å². The quantitative estimate of drug-likeness (QED) is 0.414. The first kappa shape index (κ1) is 21.7. The largest absolute Gasteiger partial charge is 0.393 e. The molecule has 0 atom stereocenters. The third-order valence-electron chi connectivity index (χ3n) is 7.99. The van der Waals surface area contributed by atoms with Crippen LogP contribution in [-0.2, 0) is 13.1 Å². The van der Waals surface area contributed by atoms with Crippen molar-refractivity contribution in [1.29, 1.82) is 0 Å². The van der Waals surface area contributed by atoms with E-state index < -0.39 is 0 Å². The lowest BCUT2D eigenvalue weighted by Gasteiger charge is -2.30. The van der Waals surface area contributed by atoms with E-state index in [1.54, 1.807) is 6.33 Å². The average Bonchev–Trinajstić information content (AvgIpc) is 3.62. The number of hydrogen-bond donors (Lipinski definition) is 2. The predicted octanol–water partition coefficient (Wildman–Crippen LogP) is 2.85. The first-order valence-electron chi connectivity index (χ1n) is 13.0. The van der Waals surface area contributed by atoms with Crippen LogP contribution in [0.25, 0.3) is 21.8 Å². The lowest BCUT2D eigenvalue weighted by atomic mass is 9.92. The van der Waals surface area contributed by atoms with Gasteiger partial charge in [0, 0.05) is 36.4 Å². The van der Waals surface area contributed by atoms with Gasteiger partial charge in [-0.25, -0.2) is 14.6 Å². The Bertz CT molecular complexity index is 1500. The van der Waals surface area contributed by atoms with Crippen molar-refractivity contribution in [3.05, 3.63) is 46.9 Å². The first-order valence-corrected chi connectivity index (χ1v) is 13.0. The molecule has 2 saturated carbocycles. The van der Waals surface area contributed by atoms with Crippen molar-refractivity contribution in [2.45, 2.75) is 63.8 Å². The maximum atomic E-state index is 14.1. The van der Waals surface area contributed by atoms with E-state index in [0.717, 1.165) is 54.8 Å². The van der Waals surface area contributed by atoms with Gasteiger partial charge in [-0.05, 0) is 62.0 Å². The molecule has 7 rings (SSSR count). The number of nitrogens with zero attached hydrogens (tertiary/aromatic N) is 7. The molecule has 0 amide bonds. The number of pyridine rings is 1. The van der Waals surface area contributed by atoms with E-state index in [2.05, 4.69) is 31.3 Å². The zero-order valence-corrected chi connectivity index (χ0v) is 20.2. The Morgan fingerprint density at radius 1 is 1.00 bits per heavy atom. The van der Waals surface area contributed by atoms with Gasteiger partial charge in [-0.15, -0.1) is 0 Å². The summed E-state index contributed by atoms with van der Waals surface area (Å²) in [5, 5.41) is 20.2. The van der Waals surface area contributed by atoms with Crippen LogP contribution in [0, 0.1) is 5.92 Å². The Morgan fingerprint density at radius 3 is 2.69 bits per heavy atom. The van der Waals surface area contributed by atoms with Crippen LogP contribution >= 0.6 is 0 Å². The molecule has 186 valence electrons. The fourth-order valence-corrected chi connectivity index (χ4v) is 5.69. The summed E-state index contributed by atoms with van der Waals surface area (Å²) in [7, 11) is 0. The number of rotatable bonds is 5. The minimum absolute atomic E-state index is 0.0103. The molecule has 2 aliphatic carbocycles. The summed E-state index contributed by atoms with van der Waals surface area (Å²) in [5.74, 6) is 2.20. The fourth-order valence-electron chi connectivity index (χ4n) is 5.69. The Labute approximate surface area is 208 Å². The van der Waals surface area contributed by atoms with Crippen LogP contribution in [0.5, 0.6) is 0 Å². The molecule has 1 aromatic carbocycles. The second-order valence-electron chi connectivity index (χ2n) is 10.4. The number of aromatic nitrogens is 6. The summed E-state index contributed by atoms with van der Waals surface area (Å²) in [5.41, 5.74) is 1.66. The minimum Gasteiger partial charge on any atom is -0.393 e. The van der Waals surface area contributed by atoms with Gasteiger partial charge < -0.3 is 15.3 Å². The highest BCUT2D eigenvalue weighted by Gasteiger charge is 2.26. The summed E-state index contributed by atoms with van der Waals surface area (Å²) in [6.07, 6.45) is 8.58. The van der Waals surface area contributed by atoms with E-state index in [1.807, 2.05) is 27.6 Å². The van der Waals surface area contributed by atoms with Crippen LogP contribution in [0.15, 0.2) is 35.5 Å². The molecule has 2 N–H and O–H groups in total. The van der Waals surface area contributed by atoms with Gasteiger partial charge in [-0.3, -0.25) is 9.36 Å². The van der Waals surface area contributed by atoms with Gasteiger partial charge in [0.25, 0.3) is 5.56 Å². The monoisotopic (exact) mass is 486 g/mol. The van der Waals surface area contributed by atoms with E-state index in [4.69, 9.17) is 4.98 Å². The number of anilines is 2. The maximum absolute atomic E-state index is 14.1. The number of fused-ring (bicyclic) bond motifs is 4. The summed E-state index contributed by atoms with van der Waals surface area (Å²) in [4.78, 5) is 30.2. The summed E-state index contributed by atoms with van der Waals surface area (Å²) in [6.45, 7) is 3.10. The molecule has 4 aromatic rings. The van der Waals surface area contributed by atoms with Gasteiger partial charge >= 0.3 is 0 Å². The second kappa shape index (κ2) is 8.55. The van der Waals surface area contributed by atoms with Crippen molar-refractivity contribution in [2.75, 3.05) is 23.3 Å². The standard InChI is InChI=1S/C26H30N8O2/c35-19-6-3-17(4-7-19)34-24-22(13-28-26(31-24)27-12-16-1-2-16)20-8-5-18(11-21(20)25(34)36)32-9-10-33-23(14-32)29-15-30-33/h5,8,11,13,15-17,19,35H,1-4,6-7,9-10,12,14H2,(H,27,28,31). The molecule has 0 spiro atoms. The first-order chi connectivity index (χ1) is 17.6. The van der Waals surface area contributed by atoms with E-state index in [1.165, 1.54) is 12.8 Å². The summed E-state index contributed by atoms with van der Waals surface area (Å²) in [6, 6.07) is 6.13. The smallest absolute Gasteiger partial charge is 0.260 e. The van der Waals surface area contributed by atoms with Crippen LogP contribution in [0.4, 0.5) is 11.6 Å². The van der Waals surface area contributed by atoms with Crippen LogP contribution < -0.4 is 15.8 Å². The molecule has 0 radical (unpaired) electrons. The lowest BCUT2D eigenvalue weighted by molar-refractivity contribution is 0.111. The van der Waals surface area contributed by atoms with Gasteiger partial charge in [-0.2, -0.15) is 10.1 Å². The number of aliphatic hydroxyl groups is 1. The van der Waals surface area contributed by atoms with Crippen molar-refractivity contribution in [2.24, 2.45) is 5.92 Å². The molecule has 3 aliphatic rings. The average molecular weight is 487 g/mol. The van der Waals surface area contributed by atoms with E-state index in [-0.39, 0.29) is 17.7 Å². The molecule has 3 aromatic heterocycles. The van der Waals surface area contributed by atoms with Crippen LogP contribution in [-0.4, -0.2) is 53.6 Å². The zero-order valence-electron chi connectivity index (χ0n) is 20.2. The minimum atomic E-state index is -0.290. The molecule has 36 heavy (non-hydrogen) atoms. The molecule has 1 aliphatic heterocycles. The molecule has 4 heterocycles. The van der Waals surface area contributed by atoms with Gasteiger partial charge in [-0.1, -0.05) is 6.07 Å². The van der Waals surface area contributed by atoms with Crippen LogP contribution in [0.1, 0.15) is 50.4 Å². The Kier molecular flexibility index (Phi) is 5.16. The highest BCUT2D eigenvalue weighted by atomic mass is 16.3. The molecule has 2 fully saturated rings. The van der Waals surface area contributed by atoms with Crippen molar-refractivity contribution < 1.29 is 5.11 Å². The van der Waals surface area contributed by atoms with Gasteiger partial charge in [0.05, 0.1) is 24.6 Å². The molecule has 0 bridgehead atoms. The molecule has 0 unspecified atom stereocenters. The molecular weight excluding hydrogens is 456 g/mol. The summed E-state index contributed by atoms with van der Waals surface area (Å²) < 4.78 is 3.81. The number of hydrogen-bond acceptors (Lipinski definition) is 8. The fraction of sp³-hybridized carbons (Fsp3) is 0.500. The molecule has 10 heteroatoms. The van der Waals surface area contributed by atoms with Gasteiger partial charge in [0.1, 0.15) is 17.8 Å². The van der Waals surface area contributed by atoms with Crippen molar-refractivity contribution >= 4 is 33.4 Å². The van der Waals surface area contributed by atoms with Gasteiger partial charge in [0.15, 0.2) is 0 Å². The Hall–Kier alpha value is -3.53. The van der Waals surface area contributed by atoms with Crippen molar-refractivity contribution in [3.63, 3.8) is 0 Å². The van der Waals surface area contributed by atoms with Crippen LogP contribution in [0.3, 0.4) is 0 Å². The number of nitrogens with one attached hydrogen (secondary N) is 1. The van der Waals surface area contributed by atoms with E-state index >= 15 is 0 Å². The SMILES string of the molecule is O=c1c2cc(N3CCn4ncnc4C3)ccc2c2cnc(NCC3CC3)nc2n1C1CCC(O)CC1. The number of aliphatic hydroxyl groups excluding tert-OH is 1. The zero-order chi connectivity index (χ0) is 24.2. The molecule has 0 saturated heterocycles. The highest BCUT2D eigenvalue weighted by Crippen LogP contribution is 2.34. The number of benzene rings is 1. The maximum Gasteiger partial charge on any atom is 0.260 e. The Balaban J connectivity index is 1.35. The van der Waals surface area contributed by atoms with Crippen molar-refractivity contribution in [1.82, 2.24) is 29.3 Å². The molecular formula is C26H30N8O2. The lowest BCUT2D eigenvalue weighted by Crippen LogP contribution is -2.34. The normalized spacial score (nSPS) is 22.2.